The SMILES string of the molecule is CCCS(=O)(=O)Nc1ccc(F)c(C(=O)c2c[nH]c3ncnc(NCCCN4C=NCN4)c23)c1F. The predicted octanol–water partition coefficient (Wildman–Crippen LogP) is 2.23. The molecule has 2 aromatic heterocycles. The maximum atomic E-state index is 15.2. The van der Waals surface area contributed by atoms with E-state index in [0.717, 1.165) is 12.1 Å². The second-order valence-electron chi connectivity index (χ2n) is 7.77. The summed E-state index contributed by atoms with van der Waals surface area (Å²) in [5, 5.41) is 5.24. The number of nitrogens with zero attached hydrogens (tertiary/aromatic N) is 4. The molecule has 0 unspecified atom stereocenters. The van der Waals surface area contributed by atoms with Crippen LogP contribution in [0.4, 0.5) is 20.3 Å². The standard InChI is InChI=1S/C21H24F2N8O3S/c1-2-8-35(33,34)30-15-5-4-14(22)17(18(15)23)19(32)13-9-26-21-16(13)20(27-11-28-21)25-6-3-7-31-12-24-10-29-31/h4-5,9,11-12,29-30H,2-3,6-8,10H2,1H3,(H2,25,26,27,28). The van der Waals surface area contributed by atoms with Gasteiger partial charge in [0.15, 0.2) is 5.82 Å². The zero-order valence-electron chi connectivity index (χ0n) is 18.8. The van der Waals surface area contributed by atoms with E-state index in [2.05, 4.69) is 35.4 Å². The van der Waals surface area contributed by atoms with Crippen molar-refractivity contribution in [1.82, 2.24) is 25.4 Å². The number of anilines is 2. The lowest BCUT2D eigenvalue weighted by Gasteiger charge is -2.14. The Morgan fingerprint density at radius 1 is 1.26 bits per heavy atom. The number of nitrogens with one attached hydrogen (secondary N) is 4. The second kappa shape index (κ2) is 10.3. The van der Waals surface area contributed by atoms with Crippen molar-refractivity contribution >= 4 is 44.7 Å². The molecular formula is C21H24F2N8O3S. The Morgan fingerprint density at radius 3 is 2.83 bits per heavy atom. The summed E-state index contributed by atoms with van der Waals surface area (Å²) in [5.74, 6) is -3.31. The van der Waals surface area contributed by atoms with Crippen molar-refractivity contribution in [2.24, 2.45) is 4.99 Å². The van der Waals surface area contributed by atoms with Crippen molar-refractivity contribution in [3.8, 4) is 0 Å². The summed E-state index contributed by atoms with van der Waals surface area (Å²) in [5.41, 5.74) is 1.92. The van der Waals surface area contributed by atoms with Gasteiger partial charge in [-0.15, -0.1) is 0 Å². The number of halogens is 2. The summed E-state index contributed by atoms with van der Waals surface area (Å²) in [7, 11) is -3.85. The summed E-state index contributed by atoms with van der Waals surface area (Å²) >= 11 is 0. The van der Waals surface area contributed by atoms with Crippen molar-refractivity contribution in [2.45, 2.75) is 19.8 Å². The molecule has 11 nitrogen and oxygen atoms in total. The molecule has 186 valence electrons. The number of aromatic nitrogens is 3. The van der Waals surface area contributed by atoms with Gasteiger partial charge in [-0.1, -0.05) is 6.92 Å². The first-order chi connectivity index (χ1) is 16.8. The highest BCUT2D eigenvalue weighted by Crippen LogP contribution is 2.29. The molecule has 0 saturated heterocycles. The largest absolute Gasteiger partial charge is 0.369 e. The van der Waals surface area contributed by atoms with Crippen LogP contribution >= 0.6 is 0 Å². The summed E-state index contributed by atoms with van der Waals surface area (Å²) < 4.78 is 56.0. The zero-order valence-corrected chi connectivity index (χ0v) is 19.6. The quantitative estimate of drug-likeness (QED) is 0.229. The third-order valence-corrected chi connectivity index (χ3v) is 6.70. The van der Waals surface area contributed by atoms with Crippen LogP contribution < -0.4 is 15.5 Å². The molecule has 14 heteroatoms. The van der Waals surface area contributed by atoms with E-state index in [1.54, 1.807) is 13.3 Å². The molecular weight excluding hydrogens is 482 g/mol. The Bertz CT molecular complexity index is 1380. The van der Waals surface area contributed by atoms with E-state index < -0.39 is 38.7 Å². The fraction of sp³-hybridized carbons (Fsp3) is 0.333. The lowest BCUT2D eigenvalue weighted by atomic mass is 10.0. The van der Waals surface area contributed by atoms with Crippen LogP contribution in [0.15, 0.2) is 29.6 Å². The maximum absolute atomic E-state index is 15.2. The Labute approximate surface area is 200 Å². The van der Waals surface area contributed by atoms with Crippen LogP contribution in [0.3, 0.4) is 0 Å². The summed E-state index contributed by atoms with van der Waals surface area (Å²) in [6.07, 6.45) is 5.31. The Morgan fingerprint density at radius 2 is 2.09 bits per heavy atom. The summed E-state index contributed by atoms with van der Waals surface area (Å²) in [6.45, 7) is 3.36. The number of hydrogen-bond donors (Lipinski definition) is 4. The third-order valence-electron chi connectivity index (χ3n) is 5.23. The minimum Gasteiger partial charge on any atom is -0.369 e. The van der Waals surface area contributed by atoms with E-state index in [-0.39, 0.29) is 16.7 Å². The van der Waals surface area contributed by atoms with E-state index in [4.69, 9.17) is 0 Å². The van der Waals surface area contributed by atoms with E-state index in [1.807, 2.05) is 5.01 Å². The number of hydrazine groups is 1. The van der Waals surface area contributed by atoms with E-state index in [1.165, 1.54) is 12.5 Å². The molecule has 0 bridgehead atoms. The van der Waals surface area contributed by atoms with Crippen LogP contribution in [0.25, 0.3) is 11.0 Å². The van der Waals surface area contributed by atoms with E-state index in [9.17, 15) is 17.6 Å². The molecule has 0 spiro atoms. The third kappa shape index (κ3) is 5.38. The molecule has 0 radical (unpaired) electrons. The smallest absolute Gasteiger partial charge is 0.232 e. The number of benzene rings is 1. The molecule has 0 fully saturated rings. The van der Waals surface area contributed by atoms with Gasteiger partial charge in [-0.25, -0.2) is 32.6 Å². The molecule has 0 amide bonds. The van der Waals surface area contributed by atoms with Crippen molar-refractivity contribution < 1.29 is 22.0 Å². The zero-order chi connectivity index (χ0) is 25.0. The van der Waals surface area contributed by atoms with Crippen LogP contribution in [0.2, 0.25) is 0 Å². The van der Waals surface area contributed by atoms with Crippen LogP contribution in [0.5, 0.6) is 0 Å². The fourth-order valence-corrected chi connectivity index (χ4v) is 4.77. The van der Waals surface area contributed by atoms with E-state index in [0.29, 0.717) is 44.1 Å². The topological polar surface area (TPSA) is 144 Å². The second-order valence-corrected chi connectivity index (χ2v) is 9.61. The molecule has 4 rings (SSSR count). The number of hydrogen-bond acceptors (Lipinski definition) is 9. The summed E-state index contributed by atoms with van der Waals surface area (Å²) in [4.78, 5) is 28.4. The fourth-order valence-electron chi connectivity index (χ4n) is 3.64. The van der Waals surface area contributed by atoms with Gasteiger partial charge < -0.3 is 10.3 Å². The number of carbonyl (C=O) groups is 1. The van der Waals surface area contributed by atoms with E-state index >= 15 is 4.39 Å². The molecule has 0 atom stereocenters. The number of H-pyrrole nitrogens is 1. The van der Waals surface area contributed by atoms with Crippen molar-refractivity contribution in [3.05, 3.63) is 47.4 Å². The van der Waals surface area contributed by atoms with Gasteiger partial charge in [-0.3, -0.25) is 19.5 Å². The average Bonchev–Trinajstić information content (AvgIpc) is 3.49. The Balaban J connectivity index is 1.61. The number of aliphatic imine (C=N–C) groups is 1. The van der Waals surface area contributed by atoms with Gasteiger partial charge in [-0.2, -0.15) is 0 Å². The number of rotatable bonds is 11. The molecule has 0 aliphatic carbocycles. The highest BCUT2D eigenvalue weighted by atomic mass is 32.2. The van der Waals surface area contributed by atoms with Gasteiger partial charge >= 0.3 is 0 Å². The minimum absolute atomic E-state index is 0.0530. The number of aromatic amines is 1. The Hall–Kier alpha value is -3.65. The Kier molecular flexibility index (Phi) is 7.21. The van der Waals surface area contributed by atoms with Crippen LogP contribution in [0.1, 0.15) is 35.7 Å². The average molecular weight is 507 g/mol. The van der Waals surface area contributed by atoms with Gasteiger partial charge in [0.1, 0.15) is 36.6 Å². The minimum atomic E-state index is -3.85. The predicted molar refractivity (Wildman–Crippen MR) is 128 cm³/mol. The molecule has 3 heterocycles. The van der Waals surface area contributed by atoms with Gasteiger partial charge in [0, 0.05) is 19.3 Å². The van der Waals surface area contributed by atoms with Gasteiger partial charge in [0.25, 0.3) is 0 Å². The van der Waals surface area contributed by atoms with Crippen LogP contribution in [-0.4, -0.2) is 66.0 Å². The molecule has 1 aliphatic heterocycles. The first kappa shape index (κ1) is 24.5. The monoisotopic (exact) mass is 506 g/mol. The lowest BCUT2D eigenvalue weighted by Crippen LogP contribution is -2.33. The first-order valence-corrected chi connectivity index (χ1v) is 12.5. The maximum Gasteiger partial charge on any atom is 0.232 e. The number of sulfonamides is 1. The molecule has 1 aromatic carbocycles. The molecule has 35 heavy (non-hydrogen) atoms. The van der Waals surface area contributed by atoms with Crippen LogP contribution in [0, 0.1) is 11.6 Å². The normalized spacial score (nSPS) is 13.5. The number of fused-ring (bicyclic) bond motifs is 1. The number of carbonyl (C=O) groups excluding carboxylic acids is 1. The highest BCUT2D eigenvalue weighted by Gasteiger charge is 2.27. The van der Waals surface area contributed by atoms with Gasteiger partial charge in [-0.05, 0) is 25.0 Å². The van der Waals surface area contributed by atoms with Crippen molar-refractivity contribution in [3.63, 3.8) is 0 Å². The molecule has 1 aliphatic rings. The molecule has 4 N–H and O–H groups in total. The van der Waals surface area contributed by atoms with Crippen molar-refractivity contribution in [1.29, 1.82) is 0 Å². The molecule has 3 aromatic rings. The summed E-state index contributed by atoms with van der Waals surface area (Å²) in [6, 6.07) is 1.79. The first-order valence-electron chi connectivity index (χ1n) is 10.9. The van der Waals surface area contributed by atoms with Crippen LogP contribution in [-0.2, 0) is 10.0 Å². The molecule has 0 saturated carbocycles. The number of ketones is 1. The highest BCUT2D eigenvalue weighted by molar-refractivity contribution is 7.92. The van der Waals surface area contributed by atoms with Gasteiger partial charge in [0.05, 0.1) is 28.0 Å². The van der Waals surface area contributed by atoms with Gasteiger partial charge in [0.2, 0.25) is 15.8 Å². The lowest BCUT2D eigenvalue weighted by molar-refractivity contribution is 0.103. The van der Waals surface area contributed by atoms with Crippen molar-refractivity contribution in [2.75, 3.05) is 35.5 Å².